The van der Waals surface area contributed by atoms with Gasteiger partial charge in [0.1, 0.15) is 0 Å². The number of halogens is 1. The fraction of sp³-hybridized carbons (Fsp3) is 0.465. The van der Waals surface area contributed by atoms with E-state index in [1.54, 1.807) is 0 Å². The van der Waals surface area contributed by atoms with E-state index in [0.29, 0.717) is 6.42 Å². The SMILES string of the molecule is C=C(CCCN1CCCc2cc3c(cc21)Cc1cc2c(cc1C31CC(=O)c3c(C)c(C)c(C)c(Cl)c31)C(C)=CC(C)(C)N2C)NC.CC. The highest BCUT2D eigenvalue weighted by Gasteiger charge is 2.53. The average Bonchev–Trinajstić information content (AvgIpc) is 3.38. The molecule has 4 aliphatic rings. The van der Waals surface area contributed by atoms with Gasteiger partial charge in [-0.3, -0.25) is 4.79 Å². The fourth-order valence-electron chi connectivity index (χ4n) is 9.01. The van der Waals surface area contributed by atoms with E-state index in [0.717, 1.165) is 83.7 Å². The van der Waals surface area contributed by atoms with Gasteiger partial charge in [-0.25, -0.2) is 0 Å². The van der Waals surface area contributed by atoms with E-state index in [-0.39, 0.29) is 11.3 Å². The maximum atomic E-state index is 14.3. The molecular formula is C43H54ClN3O. The lowest BCUT2D eigenvalue weighted by atomic mass is 9.62. The van der Waals surface area contributed by atoms with Crippen LogP contribution in [0.5, 0.6) is 0 Å². The summed E-state index contributed by atoms with van der Waals surface area (Å²) < 4.78 is 0. The van der Waals surface area contributed by atoms with Crippen LogP contribution in [0.15, 0.2) is 42.6 Å². The Morgan fingerprint density at radius 1 is 0.958 bits per heavy atom. The standard InChI is InChI=1S/C41H48ClN3O.C2H6/c1-23-21-40(6,7)44(9)35-19-30-16-29-18-34-28(13-11-15-45(34)14-10-12-24(2)43-8)17-32(29)41(33(30)20-31(23)35)22-36(46)37-26(4)25(3)27(5)39(42)38(37)41;1-2/h17-21,43H,2,10-16,22H2,1,3-9H3;1-2H3. The van der Waals surface area contributed by atoms with Crippen LogP contribution in [0, 0.1) is 20.8 Å². The van der Waals surface area contributed by atoms with Crippen molar-refractivity contribution in [3.63, 3.8) is 0 Å². The first kappa shape index (κ1) is 34.4. The summed E-state index contributed by atoms with van der Waals surface area (Å²) in [5.74, 6) is 0.212. The number of rotatable bonds is 5. The number of nitrogens with zero attached hydrogens (tertiary/aromatic N) is 2. The molecule has 1 unspecified atom stereocenters. The molecule has 0 saturated heterocycles. The zero-order valence-corrected chi connectivity index (χ0v) is 31.7. The predicted octanol–water partition coefficient (Wildman–Crippen LogP) is 10.0. The molecule has 0 amide bonds. The van der Waals surface area contributed by atoms with Gasteiger partial charge in [-0.1, -0.05) is 44.2 Å². The van der Waals surface area contributed by atoms with E-state index in [9.17, 15) is 4.79 Å². The van der Waals surface area contributed by atoms with Gasteiger partial charge in [-0.15, -0.1) is 0 Å². The maximum absolute atomic E-state index is 14.3. The molecule has 0 fully saturated rings. The van der Waals surface area contributed by atoms with Gasteiger partial charge in [0.25, 0.3) is 0 Å². The van der Waals surface area contributed by atoms with Crippen molar-refractivity contribution >= 4 is 34.3 Å². The Hall–Kier alpha value is -3.50. The number of likely N-dealkylation sites (N-methyl/N-ethyl adjacent to an activating group) is 1. The third-order valence-electron chi connectivity index (χ3n) is 12.0. The third kappa shape index (κ3) is 5.04. The monoisotopic (exact) mass is 663 g/mol. The highest BCUT2D eigenvalue weighted by molar-refractivity contribution is 6.33. The molecule has 3 aromatic carbocycles. The molecule has 4 nitrogen and oxygen atoms in total. The Labute approximate surface area is 294 Å². The minimum atomic E-state index is -0.613. The third-order valence-corrected chi connectivity index (χ3v) is 12.4. The summed E-state index contributed by atoms with van der Waals surface area (Å²) >= 11 is 7.44. The van der Waals surface area contributed by atoms with Gasteiger partial charge < -0.3 is 15.1 Å². The van der Waals surface area contributed by atoms with E-state index >= 15 is 0 Å². The Kier molecular flexibility index (Phi) is 8.90. The number of ketones is 1. The van der Waals surface area contributed by atoms with Gasteiger partial charge in [0.2, 0.25) is 0 Å². The Balaban J connectivity index is 0.00000197. The van der Waals surface area contributed by atoms with Crippen LogP contribution in [0.1, 0.15) is 126 Å². The number of fused-ring (bicyclic) bond motifs is 8. The van der Waals surface area contributed by atoms with Gasteiger partial charge >= 0.3 is 0 Å². The van der Waals surface area contributed by atoms with Crippen LogP contribution in [-0.2, 0) is 18.3 Å². The highest BCUT2D eigenvalue weighted by atomic mass is 35.5. The van der Waals surface area contributed by atoms with E-state index in [1.807, 2.05) is 20.9 Å². The molecule has 3 aromatic rings. The molecular weight excluding hydrogens is 610 g/mol. The zero-order valence-electron chi connectivity index (χ0n) is 30.9. The predicted molar refractivity (Wildman–Crippen MR) is 206 cm³/mol. The Morgan fingerprint density at radius 3 is 2.31 bits per heavy atom. The number of benzene rings is 3. The first-order valence-electron chi connectivity index (χ1n) is 18.0. The van der Waals surface area contributed by atoms with Gasteiger partial charge in [0.05, 0.1) is 11.0 Å². The average molecular weight is 664 g/mol. The first-order chi connectivity index (χ1) is 22.8. The number of hydrogen-bond donors (Lipinski definition) is 1. The number of carbonyl (C=O) groups is 1. The first-order valence-corrected chi connectivity index (χ1v) is 18.4. The molecule has 1 spiro atoms. The van der Waals surface area contributed by atoms with E-state index < -0.39 is 5.41 Å². The lowest BCUT2D eigenvalue weighted by Gasteiger charge is -2.45. The molecule has 7 rings (SSSR count). The highest BCUT2D eigenvalue weighted by Crippen LogP contribution is 2.59. The van der Waals surface area contributed by atoms with Crippen LogP contribution in [0.25, 0.3) is 5.57 Å². The van der Waals surface area contributed by atoms with Crippen molar-refractivity contribution in [1.82, 2.24) is 5.32 Å². The van der Waals surface area contributed by atoms with Crippen LogP contribution in [0.3, 0.4) is 0 Å². The Bertz CT molecular complexity index is 1880. The normalized spacial score (nSPS) is 19.8. The second kappa shape index (κ2) is 12.4. The summed E-state index contributed by atoms with van der Waals surface area (Å²) in [7, 11) is 4.16. The van der Waals surface area contributed by atoms with Crippen molar-refractivity contribution < 1.29 is 4.79 Å². The van der Waals surface area contributed by atoms with Crippen LogP contribution in [0.4, 0.5) is 11.4 Å². The molecule has 1 N–H and O–H groups in total. The number of allylic oxidation sites excluding steroid dienone is 2. The summed E-state index contributed by atoms with van der Waals surface area (Å²) in [4.78, 5) is 19.3. The molecule has 5 heteroatoms. The van der Waals surface area contributed by atoms with E-state index in [4.69, 9.17) is 11.6 Å². The van der Waals surface area contributed by atoms with Gasteiger partial charge in [-0.2, -0.15) is 0 Å². The lowest BCUT2D eigenvalue weighted by molar-refractivity contribution is 0.0983. The largest absolute Gasteiger partial charge is 0.392 e. The molecule has 0 saturated carbocycles. The molecule has 48 heavy (non-hydrogen) atoms. The van der Waals surface area contributed by atoms with Crippen LogP contribution >= 0.6 is 11.6 Å². The van der Waals surface area contributed by atoms with Gasteiger partial charge in [0, 0.05) is 66.8 Å². The molecule has 2 heterocycles. The summed E-state index contributed by atoms with van der Waals surface area (Å²) in [5, 5.41) is 3.96. The van der Waals surface area contributed by atoms with E-state index in [1.165, 1.54) is 50.3 Å². The molecule has 2 aliphatic heterocycles. The number of hydrogen-bond acceptors (Lipinski definition) is 4. The topological polar surface area (TPSA) is 35.6 Å². The molecule has 254 valence electrons. The molecule has 0 bridgehead atoms. The van der Waals surface area contributed by atoms with Crippen molar-refractivity contribution in [2.45, 2.75) is 105 Å². The van der Waals surface area contributed by atoms with Crippen molar-refractivity contribution in [2.24, 2.45) is 0 Å². The number of carbonyl (C=O) groups excluding carboxylic acids is 1. The quantitative estimate of drug-likeness (QED) is 0.295. The lowest BCUT2D eigenvalue weighted by Crippen LogP contribution is -2.42. The molecule has 2 aliphatic carbocycles. The molecule has 1 atom stereocenters. The fourth-order valence-corrected chi connectivity index (χ4v) is 9.41. The minimum Gasteiger partial charge on any atom is -0.392 e. The molecule has 0 radical (unpaired) electrons. The summed E-state index contributed by atoms with van der Waals surface area (Å²) in [6.45, 7) is 23.4. The van der Waals surface area contributed by atoms with Crippen LogP contribution in [0.2, 0.25) is 5.02 Å². The number of Topliss-reactive ketones (excluding diaryl/α,β-unsaturated/α-hetero) is 1. The summed E-state index contributed by atoms with van der Waals surface area (Å²) in [6, 6.07) is 9.81. The number of anilines is 2. The van der Waals surface area contributed by atoms with E-state index in [2.05, 4.69) is 101 Å². The van der Waals surface area contributed by atoms with Gasteiger partial charge in [-0.05, 0) is 147 Å². The van der Waals surface area contributed by atoms with Crippen LogP contribution < -0.4 is 15.1 Å². The minimum absolute atomic E-state index is 0.0846. The zero-order chi connectivity index (χ0) is 34.9. The number of nitrogens with one attached hydrogen (secondary N) is 1. The van der Waals surface area contributed by atoms with Crippen molar-refractivity contribution in [3.05, 3.63) is 109 Å². The summed E-state index contributed by atoms with van der Waals surface area (Å²) in [6.07, 6.45) is 7.87. The molecule has 0 aromatic heterocycles. The summed E-state index contributed by atoms with van der Waals surface area (Å²) in [5.41, 5.74) is 17.3. The second-order valence-corrected chi connectivity index (χ2v) is 15.3. The second-order valence-electron chi connectivity index (χ2n) is 14.9. The Morgan fingerprint density at radius 2 is 1.62 bits per heavy atom. The van der Waals surface area contributed by atoms with Crippen molar-refractivity contribution in [2.75, 3.05) is 37.0 Å². The maximum Gasteiger partial charge on any atom is 0.165 e. The van der Waals surface area contributed by atoms with Crippen molar-refractivity contribution in [3.8, 4) is 0 Å². The van der Waals surface area contributed by atoms with Crippen LogP contribution in [-0.4, -0.2) is 38.5 Å². The smallest absolute Gasteiger partial charge is 0.165 e. The number of aryl methyl sites for hydroxylation is 1. The van der Waals surface area contributed by atoms with Crippen molar-refractivity contribution in [1.29, 1.82) is 0 Å². The van der Waals surface area contributed by atoms with Gasteiger partial charge in [0.15, 0.2) is 5.78 Å².